The number of hydrogen-bond donors (Lipinski definition) is 0. The molecule has 0 aromatic carbocycles. The normalized spacial score (nSPS) is 12.3. The van der Waals surface area contributed by atoms with Crippen molar-refractivity contribution in [3.63, 3.8) is 0 Å². The quantitative estimate of drug-likeness (QED) is 0.0261. The predicted octanol–water partition coefficient (Wildman–Crippen LogP) is 22.6. The van der Waals surface area contributed by atoms with Crippen LogP contribution in [0.2, 0.25) is 0 Å². The van der Waals surface area contributed by atoms with Crippen molar-refractivity contribution in [2.24, 2.45) is 0 Å². The van der Waals surface area contributed by atoms with Gasteiger partial charge < -0.3 is 14.2 Å². The molecule has 1 unspecified atom stereocenters. The first kappa shape index (κ1) is 72.4. The summed E-state index contributed by atoms with van der Waals surface area (Å²) in [5, 5.41) is 0. The maximum Gasteiger partial charge on any atom is 0.306 e. The van der Waals surface area contributed by atoms with Gasteiger partial charge in [0.1, 0.15) is 13.2 Å². The minimum absolute atomic E-state index is 0.0761. The Balaban J connectivity index is 4.36. The van der Waals surface area contributed by atoms with Crippen LogP contribution in [-0.4, -0.2) is 37.2 Å². The number of allylic oxidation sites excluding steroid dienone is 8. The van der Waals surface area contributed by atoms with Gasteiger partial charge in [-0.3, -0.25) is 14.4 Å². The van der Waals surface area contributed by atoms with Gasteiger partial charge in [-0.05, 0) is 83.5 Å². The third kappa shape index (κ3) is 62.1. The molecule has 0 N–H and O–H groups in total. The Hall–Kier alpha value is -2.63. The zero-order valence-electron chi connectivity index (χ0n) is 50.3. The topological polar surface area (TPSA) is 78.9 Å². The second-order valence-corrected chi connectivity index (χ2v) is 22.4. The third-order valence-electron chi connectivity index (χ3n) is 14.8. The van der Waals surface area contributed by atoms with Gasteiger partial charge in [0, 0.05) is 19.3 Å². The molecule has 0 saturated carbocycles. The summed E-state index contributed by atoms with van der Waals surface area (Å²) < 4.78 is 17.0. The Morgan fingerprint density at radius 3 is 0.787 bits per heavy atom. The molecule has 0 fully saturated rings. The van der Waals surface area contributed by atoms with Crippen LogP contribution < -0.4 is 0 Å². The fourth-order valence-corrected chi connectivity index (χ4v) is 9.80. The fourth-order valence-electron chi connectivity index (χ4n) is 9.80. The van der Waals surface area contributed by atoms with Gasteiger partial charge in [-0.15, -0.1) is 0 Å². The van der Waals surface area contributed by atoms with Crippen LogP contribution in [0.1, 0.15) is 355 Å². The number of rotatable bonds is 61. The standard InChI is InChI=1S/C69H126O6/c1-4-7-10-13-16-19-22-25-28-31-34-36-38-41-44-47-50-53-56-59-62-68(71)74-65-66(64-73-67(70)61-58-55-52-49-46-43-40-37-33-30-27-24-21-18-15-12-9-6-3)75-69(72)63-60-57-54-51-48-45-42-39-35-32-29-26-23-20-17-14-11-8-5-2/h17,20,26,29-30,33,35,39,66H,4-16,18-19,21-25,27-28,31-32,34,36-38,40-65H2,1-3H3/b20-17-,29-26-,33-30-,39-35-. The van der Waals surface area contributed by atoms with Crippen molar-refractivity contribution in [3.05, 3.63) is 48.6 Å². The molecule has 0 saturated heterocycles. The first-order valence-corrected chi connectivity index (χ1v) is 33.1. The lowest BCUT2D eigenvalue weighted by molar-refractivity contribution is -0.167. The summed E-state index contributed by atoms with van der Waals surface area (Å²) in [6.07, 6.45) is 79.7. The van der Waals surface area contributed by atoms with Gasteiger partial charge in [-0.2, -0.15) is 0 Å². The zero-order chi connectivity index (χ0) is 54.3. The minimum atomic E-state index is -0.781. The largest absolute Gasteiger partial charge is 0.462 e. The summed E-state index contributed by atoms with van der Waals surface area (Å²) in [6.45, 7) is 6.66. The number of ether oxygens (including phenoxy) is 3. The van der Waals surface area contributed by atoms with Gasteiger partial charge in [0.2, 0.25) is 0 Å². The second kappa shape index (κ2) is 63.9. The lowest BCUT2D eigenvalue weighted by Gasteiger charge is -2.18. The second-order valence-electron chi connectivity index (χ2n) is 22.4. The molecular formula is C69H126O6. The Morgan fingerprint density at radius 1 is 0.267 bits per heavy atom. The van der Waals surface area contributed by atoms with E-state index >= 15 is 0 Å². The predicted molar refractivity (Wildman–Crippen MR) is 325 cm³/mol. The number of esters is 3. The highest BCUT2D eigenvalue weighted by molar-refractivity contribution is 5.71. The van der Waals surface area contributed by atoms with Gasteiger partial charge >= 0.3 is 17.9 Å². The van der Waals surface area contributed by atoms with Gasteiger partial charge in [0.25, 0.3) is 0 Å². The first-order chi connectivity index (χ1) is 37.0. The minimum Gasteiger partial charge on any atom is -0.462 e. The van der Waals surface area contributed by atoms with Crippen LogP contribution in [0.5, 0.6) is 0 Å². The van der Waals surface area contributed by atoms with Crippen LogP contribution in [0.3, 0.4) is 0 Å². The highest BCUT2D eigenvalue weighted by Gasteiger charge is 2.19. The maximum atomic E-state index is 12.9. The average molecular weight is 1050 g/mol. The van der Waals surface area contributed by atoms with Crippen LogP contribution in [0.4, 0.5) is 0 Å². The molecule has 0 aliphatic carbocycles. The van der Waals surface area contributed by atoms with E-state index in [2.05, 4.69) is 69.4 Å². The van der Waals surface area contributed by atoms with E-state index in [0.29, 0.717) is 19.3 Å². The van der Waals surface area contributed by atoms with Crippen LogP contribution in [0.15, 0.2) is 48.6 Å². The highest BCUT2D eigenvalue weighted by Crippen LogP contribution is 2.17. The van der Waals surface area contributed by atoms with E-state index in [1.165, 1.54) is 238 Å². The smallest absolute Gasteiger partial charge is 0.306 e. The lowest BCUT2D eigenvalue weighted by atomic mass is 10.0. The van der Waals surface area contributed by atoms with Crippen molar-refractivity contribution in [1.82, 2.24) is 0 Å². The van der Waals surface area contributed by atoms with Crippen LogP contribution >= 0.6 is 0 Å². The van der Waals surface area contributed by atoms with E-state index in [0.717, 1.165) is 77.0 Å². The molecule has 75 heavy (non-hydrogen) atoms. The summed E-state index contributed by atoms with van der Waals surface area (Å²) >= 11 is 0. The Kier molecular flexibility index (Phi) is 61.7. The van der Waals surface area contributed by atoms with Crippen LogP contribution in [0.25, 0.3) is 0 Å². The van der Waals surface area contributed by atoms with E-state index in [1.807, 2.05) is 0 Å². The van der Waals surface area contributed by atoms with E-state index < -0.39 is 6.10 Å². The van der Waals surface area contributed by atoms with E-state index in [-0.39, 0.29) is 31.1 Å². The Morgan fingerprint density at radius 2 is 0.480 bits per heavy atom. The summed E-state index contributed by atoms with van der Waals surface area (Å²) in [7, 11) is 0. The summed E-state index contributed by atoms with van der Waals surface area (Å²) in [5.74, 6) is -0.870. The Labute approximate surface area is 467 Å². The molecule has 0 aliphatic rings. The van der Waals surface area contributed by atoms with Gasteiger partial charge in [-0.25, -0.2) is 0 Å². The molecule has 0 radical (unpaired) electrons. The molecule has 0 spiro atoms. The number of carbonyl (C=O) groups is 3. The van der Waals surface area contributed by atoms with E-state index in [9.17, 15) is 14.4 Å². The molecule has 0 bridgehead atoms. The van der Waals surface area contributed by atoms with Gasteiger partial charge in [-0.1, -0.05) is 301 Å². The Bertz CT molecular complexity index is 1300. The molecule has 1 atom stereocenters. The number of unbranched alkanes of at least 4 members (excludes halogenated alkanes) is 42. The molecule has 0 rings (SSSR count). The van der Waals surface area contributed by atoms with Crippen molar-refractivity contribution < 1.29 is 28.6 Å². The van der Waals surface area contributed by atoms with Crippen molar-refractivity contribution >= 4 is 17.9 Å². The number of carbonyl (C=O) groups excluding carboxylic acids is 3. The average Bonchev–Trinajstić information content (AvgIpc) is 3.41. The monoisotopic (exact) mass is 1050 g/mol. The summed E-state index contributed by atoms with van der Waals surface area (Å²) in [5.41, 5.74) is 0. The molecule has 6 nitrogen and oxygen atoms in total. The maximum absolute atomic E-state index is 12.9. The lowest BCUT2D eigenvalue weighted by Crippen LogP contribution is -2.30. The van der Waals surface area contributed by atoms with Crippen molar-refractivity contribution in [3.8, 4) is 0 Å². The molecular weight excluding hydrogens is 925 g/mol. The van der Waals surface area contributed by atoms with E-state index in [1.54, 1.807) is 0 Å². The number of hydrogen-bond acceptors (Lipinski definition) is 6. The molecule has 6 heteroatoms. The summed E-state index contributed by atoms with van der Waals surface area (Å²) in [6, 6.07) is 0. The third-order valence-corrected chi connectivity index (χ3v) is 14.8. The van der Waals surface area contributed by atoms with Gasteiger partial charge in [0.15, 0.2) is 6.10 Å². The molecule has 0 aliphatic heterocycles. The van der Waals surface area contributed by atoms with Crippen LogP contribution in [0, 0.1) is 0 Å². The molecule has 0 aromatic heterocycles. The van der Waals surface area contributed by atoms with Gasteiger partial charge in [0.05, 0.1) is 0 Å². The SMILES string of the molecule is CCCCC/C=C\C/C=C\C/C=C\CCCCCCCCC(=O)OC(COC(=O)CCCCCCCCC/C=C\CCCCCCCCC)COC(=O)CCCCCCCCCCCCCCCCCCCCCC. The van der Waals surface area contributed by atoms with Crippen molar-refractivity contribution in [1.29, 1.82) is 0 Å². The molecule has 0 aromatic rings. The summed E-state index contributed by atoms with van der Waals surface area (Å²) in [4.78, 5) is 38.4. The van der Waals surface area contributed by atoms with Crippen LogP contribution in [-0.2, 0) is 28.6 Å². The van der Waals surface area contributed by atoms with E-state index in [4.69, 9.17) is 14.2 Å². The molecule has 0 heterocycles. The zero-order valence-corrected chi connectivity index (χ0v) is 50.3. The van der Waals surface area contributed by atoms with Crippen molar-refractivity contribution in [2.75, 3.05) is 13.2 Å². The fraction of sp³-hybridized carbons (Fsp3) is 0.841. The van der Waals surface area contributed by atoms with Crippen molar-refractivity contribution in [2.45, 2.75) is 361 Å². The molecule has 0 amide bonds. The highest BCUT2D eigenvalue weighted by atomic mass is 16.6. The first-order valence-electron chi connectivity index (χ1n) is 33.1. The molecule has 438 valence electrons.